The van der Waals surface area contributed by atoms with Crippen LogP contribution in [0.1, 0.15) is 32.1 Å². The second kappa shape index (κ2) is 3.81. The number of methoxy groups -OCH3 is 1. The van der Waals surface area contributed by atoms with Gasteiger partial charge in [-0.05, 0) is 12.8 Å². The normalized spacial score (nSPS) is 28.3. The van der Waals surface area contributed by atoms with Crippen molar-refractivity contribution in [2.45, 2.75) is 44.0 Å². The maximum atomic E-state index is 11.0. The third kappa shape index (κ3) is 2.12. The smallest absolute Gasteiger partial charge is 0.438 e. The first-order chi connectivity index (χ1) is 7.13. The van der Waals surface area contributed by atoms with Crippen LogP contribution in [0.2, 0.25) is 0 Å². The summed E-state index contributed by atoms with van der Waals surface area (Å²) in [5.74, 6) is 0.293. The van der Waals surface area contributed by atoms with E-state index in [0.717, 1.165) is 12.8 Å². The lowest BCUT2D eigenvalue weighted by molar-refractivity contribution is -0.299. The van der Waals surface area contributed by atoms with E-state index in [-0.39, 0.29) is 5.60 Å². The van der Waals surface area contributed by atoms with Crippen molar-refractivity contribution in [3.05, 3.63) is 0 Å². The molecule has 0 aromatic carbocycles. The molecule has 0 aromatic heterocycles. The molecule has 0 amide bonds. The van der Waals surface area contributed by atoms with Crippen molar-refractivity contribution < 1.29 is 23.8 Å². The van der Waals surface area contributed by atoms with E-state index in [1.54, 1.807) is 0 Å². The molecule has 1 spiro atoms. The molecule has 5 heteroatoms. The van der Waals surface area contributed by atoms with Gasteiger partial charge in [0.15, 0.2) is 0 Å². The Labute approximate surface area is 87.7 Å². The van der Waals surface area contributed by atoms with Gasteiger partial charge < -0.3 is 14.2 Å². The number of ether oxygens (including phenoxy) is 3. The van der Waals surface area contributed by atoms with E-state index in [2.05, 4.69) is 4.74 Å². The summed E-state index contributed by atoms with van der Waals surface area (Å²) in [5, 5.41) is 0. The summed E-state index contributed by atoms with van der Waals surface area (Å²) in [6.07, 6.45) is 2.10. The third-order valence-corrected chi connectivity index (χ3v) is 3.03. The standard InChI is InChI=1S/C10H14O5/c1-13-9(12)14-8-6-10(15-8)4-2-7(11)3-5-10/h8H,2-6H2,1H3. The molecule has 2 aliphatic rings. The zero-order valence-corrected chi connectivity index (χ0v) is 8.65. The minimum atomic E-state index is -0.721. The SMILES string of the molecule is COC(=O)OC1CC2(CCC(=O)CC2)O1. The molecule has 2 rings (SSSR count). The molecule has 0 bridgehead atoms. The highest BCUT2D eigenvalue weighted by atomic mass is 16.8. The van der Waals surface area contributed by atoms with E-state index in [4.69, 9.17) is 9.47 Å². The van der Waals surface area contributed by atoms with Crippen molar-refractivity contribution in [1.82, 2.24) is 0 Å². The molecular weight excluding hydrogens is 200 g/mol. The molecule has 0 N–H and O–H groups in total. The molecule has 1 unspecified atom stereocenters. The predicted octanol–water partition coefficient (Wildman–Crippen LogP) is 1.40. The topological polar surface area (TPSA) is 61.8 Å². The van der Waals surface area contributed by atoms with Crippen molar-refractivity contribution in [3.63, 3.8) is 0 Å². The fraction of sp³-hybridized carbons (Fsp3) is 0.800. The van der Waals surface area contributed by atoms with Crippen LogP contribution in [0.4, 0.5) is 4.79 Å². The molecule has 1 heterocycles. The second-order valence-electron chi connectivity index (χ2n) is 4.05. The van der Waals surface area contributed by atoms with Crippen LogP contribution in [-0.4, -0.2) is 30.9 Å². The summed E-state index contributed by atoms with van der Waals surface area (Å²) in [5.41, 5.74) is -0.216. The van der Waals surface area contributed by atoms with E-state index in [9.17, 15) is 9.59 Å². The van der Waals surface area contributed by atoms with Crippen LogP contribution in [0.25, 0.3) is 0 Å². The molecule has 1 saturated heterocycles. The van der Waals surface area contributed by atoms with Crippen LogP contribution in [0.15, 0.2) is 0 Å². The summed E-state index contributed by atoms with van der Waals surface area (Å²) in [4.78, 5) is 21.8. The highest BCUT2D eigenvalue weighted by molar-refractivity contribution is 5.79. The number of hydrogen-bond donors (Lipinski definition) is 0. The summed E-state index contributed by atoms with van der Waals surface area (Å²) in [7, 11) is 1.26. The fourth-order valence-corrected chi connectivity index (χ4v) is 2.10. The summed E-state index contributed by atoms with van der Waals surface area (Å²) in [6, 6.07) is 0. The van der Waals surface area contributed by atoms with Gasteiger partial charge in [0.25, 0.3) is 0 Å². The van der Waals surface area contributed by atoms with Crippen molar-refractivity contribution >= 4 is 11.9 Å². The Morgan fingerprint density at radius 2 is 2.07 bits per heavy atom. The average molecular weight is 214 g/mol. The minimum Gasteiger partial charge on any atom is -0.438 e. The van der Waals surface area contributed by atoms with Crippen LogP contribution in [0, 0.1) is 0 Å². The summed E-state index contributed by atoms with van der Waals surface area (Å²) in [6.45, 7) is 0. The average Bonchev–Trinajstić information content (AvgIpc) is 2.19. The first kappa shape index (κ1) is 10.4. The highest BCUT2D eigenvalue weighted by Gasteiger charge is 2.49. The lowest BCUT2D eigenvalue weighted by Gasteiger charge is -2.48. The van der Waals surface area contributed by atoms with Gasteiger partial charge in [0.1, 0.15) is 5.78 Å². The quantitative estimate of drug-likeness (QED) is 0.617. The van der Waals surface area contributed by atoms with Gasteiger partial charge in [-0.1, -0.05) is 0 Å². The lowest BCUT2D eigenvalue weighted by atomic mass is 9.78. The molecule has 0 radical (unpaired) electrons. The summed E-state index contributed by atoms with van der Waals surface area (Å²) >= 11 is 0. The van der Waals surface area contributed by atoms with E-state index in [1.807, 2.05) is 0 Å². The molecule has 2 fully saturated rings. The number of carbonyl (C=O) groups is 2. The Kier molecular flexibility index (Phi) is 2.65. The van der Waals surface area contributed by atoms with Gasteiger partial charge in [-0.25, -0.2) is 4.79 Å². The lowest BCUT2D eigenvalue weighted by Crippen LogP contribution is -2.54. The Hall–Kier alpha value is -1.10. The van der Waals surface area contributed by atoms with Crippen LogP contribution in [0.3, 0.4) is 0 Å². The van der Waals surface area contributed by atoms with Gasteiger partial charge >= 0.3 is 6.16 Å². The first-order valence-electron chi connectivity index (χ1n) is 5.08. The highest BCUT2D eigenvalue weighted by Crippen LogP contribution is 2.43. The van der Waals surface area contributed by atoms with Gasteiger partial charge in [0, 0.05) is 19.3 Å². The van der Waals surface area contributed by atoms with Crippen molar-refractivity contribution in [1.29, 1.82) is 0 Å². The maximum Gasteiger partial charge on any atom is 0.510 e. The van der Waals surface area contributed by atoms with E-state index in [1.165, 1.54) is 7.11 Å². The fourth-order valence-electron chi connectivity index (χ4n) is 2.10. The molecular formula is C10H14O5. The number of ketones is 1. The molecule has 15 heavy (non-hydrogen) atoms. The predicted molar refractivity (Wildman–Crippen MR) is 49.2 cm³/mol. The van der Waals surface area contributed by atoms with Gasteiger partial charge in [0.2, 0.25) is 6.29 Å². The second-order valence-corrected chi connectivity index (χ2v) is 4.05. The molecule has 1 saturated carbocycles. The molecule has 1 aliphatic carbocycles. The van der Waals surface area contributed by atoms with Crippen LogP contribution in [0.5, 0.6) is 0 Å². The van der Waals surface area contributed by atoms with Crippen LogP contribution >= 0.6 is 0 Å². The summed E-state index contributed by atoms with van der Waals surface area (Å²) < 4.78 is 14.7. The van der Waals surface area contributed by atoms with Crippen molar-refractivity contribution in [2.75, 3.05) is 7.11 Å². The molecule has 1 atom stereocenters. The largest absolute Gasteiger partial charge is 0.510 e. The van der Waals surface area contributed by atoms with Gasteiger partial charge in [-0.2, -0.15) is 0 Å². The monoisotopic (exact) mass is 214 g/mol. The van der Waals surface area contributed by atoms with Gasteiger partial charge in [-0.15, -0.1) is 0 Å². The number of rotatable bonds is 1. The number of carbonyl (C=O) groups excluding carboxylic acids is 2. The Bertz CT molecular complexity index is 268. The number of Topliss-reactive ketones (excluding diaryl/α,β-unsaturated/α-hetero) is 1. The van der Waals surface area contributed by atoms with E-state index < -0.39 is 12.4 Å². The van der Waals surface area contributed by atoms with Crippen LogP contribution in [-0.2, 0) is 19.0 Å². The number of hydrogen-bond acceptors (Lipinski definition) is 5. The third-order valence-electron chi connectivity index (χ3n) is 3.03. The Morgan fingerprint density at radius 1 is 1.47 bits per heavy atom. The van der Waals surface area contributed by atoms with E-state index >= 15 is 0 Å². The zero-order chi connectivity index (χ0) is 10.9. The minimum absolute atomic E-state index is 0.216. The van der Waals surface area contributed by atoms with Crippen molar-refractivity contribution in [2.24, 2.45) is 0 Å². The molecule has 0 aromatic rings. The Balaban J connectivity index is 1.77. The van der Waals surface area contributed by atoms with Gasteiger partial charge in [-0.3, -0.25) is 4.79 Å². The molecule has 5 nitrogen and oxygen atoms in total. The zero-order valence-electron chi connectivity index (χ0n) is 8.65. The van der Waals surface area contributed by atoms with Gasteiger partial charge in [0.05, 0.1) is 12.7 Å². The maximum absolute atomic E-state index is 11.0. The van der Waals surface area contributed by atoms with Crippen molar-refractivity contribution in [3.8, 4) is 0 Å². The first-order valence-corrected chi connectivity index (χ1v) is 5.08. The molecule has 84 valence electrons. The van der Waals surface area contributed by atoms with E-state index in [0.29, 0.717) is 25.0 Å². The Morgan fingerprint density at radius 3 is 2.60 bits per heavy atom. The molecule has 1 aliphatic heterocycles. The van der Waals surface area contributed by atoms with Crippen LogP contribution < -0.4 is 0 Å².